The van der Waals surface area contributed by atoms with Gasteiger partial charge in [-0.1, -0.05) is 12.1 Å². The molecule has 136 valence electrons. The van der Waals surface area contributed by atoms with Gasteiger partial charge in [-0.15, -0.1) is 0 Å². The third-order valence-corrected chi connectivity index (χ3v) is 4.88. The van der Waals surface area contributed by atoms with Gasteiger partial charge in [-0.05, 0) is 44.5 Å². The normalized spacial score (nSPS) is 18.3. The van der Waals surface area contributed by atoms with Crippen molar-refractivity contribution >= 4 is 17.1 Å². The van der Waals surface area contributed by atoms with Gasteiger partial charge in [0, 0.05) is 18.0 Å². The predicted octanol–water partition coefficient (Wildman–Crippen LogP) is 3.90. The first-order chi connectivity index (χ1) is 12.6. The van der Waals surface area contributed by atoms with E-state index in [9.17, 15) is 4.79 Å². The number of carbonyl (C=O) groups excluding carboxylic acids is 1. The minimum atomic E-state index is -0.434. The van der Waals surface area contributed by atoms with Crippen LogP contribution < -0.4 is 0 Å². The molecule has 1 aliphatic rings. The molecule has 1 aliphatic heterocycles. The molecule has 26 heavy (non-hydrogen) atoms. The summed E-state index contributed by atoms with van der Waals surface area (Å²) in [5.41, 5.74) is 2.55. The zero-order chi connectivity index (χ0) is 18.1. The number of aromatic nitrogens is 1. The number of furan rings is 1. The summed E-state index contributed by atoms with van der Waals surface area (Å²) in [6, 6.07) is 9.77. The van der Waals surface area contributed by atoms with Gasteiger partial charge in [-0.25, -0.2) is 9.78 Å². The molecule has 0 aliphatic carbocycles. The molecular weight excluding hydrogens is 332 g/mol. The van der Waals surface area contributed by atoms with Crippen molar-refractivity contribution in [3.05, 3.63) is 53.3 Å². The first-order valence-corrected chi connectivity index (χ1v) is 8.89. The van der Waals surface area contributed by atoms with Crippen molar-refractivity contribution in [1.82, 2.24) is 9.88 Å². The third-order valence-electron chi connectivity index (χ3n) is 4.88. The summed E-state index contributed by atoms with van der Waals surface area (Å²) in [7, 11) is 1.36. The Balaban J connectivity index is 1.47. The Hall–Kier alpha value is -2.60. The first-order valence-electron chi connectivity index (χ1n) is 8.89. The van der Waals surface area contributed by atoms with Crippen molar-refractivity contribution in [3.8, 4) is 0 Å². The molecule has 2 aromatic heterocycles. The number of ether oxygens (including phenoxy) is 1. The lowest BCUT2D eigenvalue weighted by Crippen LogP contribution is -2.33. The molecule has 1 unspecified atom stereocenters. The Morgan fingerprint density at radius 1 is 1.35 bits per heavy atom. The van der Waals surface area contributed by atoms with Gasteiger partial charge in [-0.3, -0.25) is 4.90 Å². The van der Waals surface area contributed by atoms with E-state index in [0.29, 0.717) is 6.54 Å². The minimum Gasteiger partial charge on any atom is -0.463 e. The zero-order valence-electron chi connectivity index (χ0n) is 15.0. The van der Waals surface area contributed by atoms with Crippen LogP contribution in [0.4, 0.5) is 0 Å². The van der Waals surface area contributed by atoms with Crippen LogP contribution in [0.2, 0.25) is 0 Å². The Morgan fingerprint density at radius 2 is 2.19 bits per heavy atom. The SMILES string of the molecule is COC(=O)c1oc(CN2CCCC(c3nc4ccccc4o3)C2)cc1C. The van der Waals surface area contributed by atoms with Crippen molar-refractivity contribution in [2.24, 2.45) is 0 Å². The van der Waals surface area contributed by atoms with Gasteiger partial charge in [0.2, 0.25) is 5.76 Å². The van der Waals surface area contributed by atoms with Crippen LogP contribution in [0.5, 0.6) is 0 Å². The number of benzene rings is 1. The second kappa shape index (κ2) is 6.96. The molecule has 6 heteroatoms. The number of piperidine rings is 1. The summed E-state index contributed by atoms with van der Waals surface area (Å²) in [5, 5.41) is 0. The summed E-state index contributed by atoms with van der Waals surface area (Å²) < 4.78 is 16.4. The van der Waals surface area contributed by atoms with E-state index in [1.165, 1.54) is 7.11 Å². The molecule has 6 nitrogen and oxygen atoms in total. The number of carbonyl (C=O) groups is 1. The first kappa shape index (κ1) is 16.8. The average Bonchev–Trinajstić information content (AvgIpc) is 3.24. The molecule has 4 rings (SSSR count). The summed E-state index contributed by atoms with van der Waals surface area (Å²) in [5.74, 6) is 1.71. The fraction of sp³-hybridized carbons (Fsp3) is 0.400. The minimum absolute atomic E-state index is 0.271. The molecule has 1 atom stereocenters. The van der Waals surface area contributed by atoms with Crippen molar-refractivity contribution in [2.45, 2.75) is 32.2 Å². The number of hydrogen-bond acceptors (Lipinski definition) is 6. The number of hydrogen-bond donors (Lipinski definition) is 0. The van der Waals surface area contributed by atoms with Gasteiger partial charge in [-0.2, -0.15) is 0 Å². The van der Waals surface area contributed by atoms with Crippen molar-refractivity contribution < 1.29 is 18.4 Å². The highest BCUT2D eigenvalue weighted by molar-refractivity contribution is 5.87. The Labute approximate surface area is 151 Å². The van der Waals surface area contributed by atoms with Crippen molar-refractivity contribution in [3.63, 3.8) is 0 Å². The molecular formula is C20H22N2O4. The highest BCUT2D eigenvalue weighted by Gasteiger charge is 2.26. The van der Waals surface area contributed by atoms with Crippen LogP contribution in [0.15, 0.2) is 39.2 Å². The highest BCUT2D eigenvalue weighted by atomic mass is 16.5. The molecule has 0 N–H and O–H groups in total. The van der Waals surface area contributed by atoms with E-state index in [1.807, 2.05) is 37.3 Å². The van der Waals surface area contributed by atoms with Gasteiger partial charge in [0.1, 0.15) is 11.3 Å². The number of oxazole rings is 1. The number of methoxy groups -OCH3 is 1. The lowest BCUT2D eigenvalue weighted by Gasteiger charge is -2.30. The van der Waals surface area contributed by atoms with E-state index in [4.69, 9.17) is 13.6 Å². The van der Waals surface area contributed by atoms with Crippen molar-refractivity contribution in [2.75, 3.05) is 20.2 Å². The largest absolute Gasteiger partial charge is 0.463 e. The van der Waals surface area contributed by atoms with Crippen LogP contribution in [0, 0.1) is 6.92 Å². The lowest BCUT2D eigenvalue weighted by atomic mass is 9.98. The summed E-state index contributed by atoms with van der Waals surface area (Å²) in [6.07, 6.45) is 2.14. The quantitative estimate of drug-likeness (QED) is 0.662. The molecule has 1 saturated heterocycles. The van der Waals surface area contributed by atoms with Gasteiger partial charge in [0.15, 0.2) is 11.5 Å². The zero-order valence-corrected chi connectivity index (χ0v) is 15.0. The number of likely N-dealkylation sites (tertiary alicyclic amines) is 1. The summed E-state index contributed by atoms with van der Waals surface area (Å²) in [4.78, 5) is 18.7. The van der Waals surface area contributed by atoms with Crippen LogP contribution >= 0.6 is 0 Å². The van der Waals surface area contributed by atoms with Gasteiger partial charge >= 0.3 is 5.97 Å². The maximum atomic E-state index is 11.7. The molecule has 1 aromatic carbocycles. The van der Waals surface area contributed by atoms with E-state index in [2.05, 4.69) is 9.88 Å². The van der Waals surface area contributed by atoms with Crippen LogP contribution in [0.25, 0.3) is 11.1 Å². The van der Waals surface area contributed by atoms with E-state index >= 15 is 0 Å². The van der Waals surface area contributed by atoms with Gasteiger partial charge < -0.3 is 13.6 Å². The number of nitrogens with zero attached hydrogens (tertiary/aromatic N) is 2. The third kappa shape index (κ3) is 3.24. The van der Waals surface area contributed by atoms with Crippen LogP contribution in [0.3, 0.4) is 0 Å². The number of fused-ring (bicyclic) bond motifs is 1. The average molecular weight is 354 g/mol. The number of esters is 1. The lowest BCUT2D eigenvalue weighted by molar-refractivity contribution is 0.0559. The van der Waals surface area contributed by atoms with Crippen LogP contribution in [-0.4, -0.2) is 36.1 Å². The summed E-state index contributed by atoms with van der Waals surface area (Å²) in [6.45, 7) is 4.37. The number of aryl methyl sites for hydroxylation is 1. The maximum Gasteiger partial charge on any atom is 0.374 e. The predicted molar refractivity (Wildman–Crippen MR) is 96.0 cm³/mol. The molecule has 0 amide bonds. The van der Waals surface area contributed by atoms with Crippen molar-refractivity contribution in [1.29, 1.82) is 0 Å². The molecule has 0 radical (unpaired) electrons. The van der Waals surface area contributed by atoms with E-state index in [-0.39, 0.29) is 11.7 Å². The molecule has 0 bridgehead atoms. The number of para-hydroxylation sites is 2. The Kier molecular flexibility index (Phi) is 4.51. The van der Waals surface area contributed by atoms with E-state index in [1.54, 1.807) is 0 Å². The Morgan fingerprint density at radius 3 is 3.00 bits per heavy atom. The standard InChI is InChI=1S/C20H22N2O4/c1-13-10-15(25-18(13)20(23)24-2)12-22-9-5-6-14(11-22)19-21-16-7-3-4-8-17(16)26-19/h3-4,7-8,10,14H,5-6,9,11-12H2,1-2H3. The smallest absolute Gasteiger partial charge is 0.374 e. The maximum absolute atomic E-state index is 11.7. The molecule has 0 spiro atoms. The topological polar surface area (TPSA) is 68.7 Å². The second-order valence-corrected chi connectivity index (χ2v) is 6.81. The van der Waals surface area contributed by atoms with Gasteiger partial charge in [0.05, 0.1) is 13.7 Å². The second-order valence-electron chi connectivity index (χ2n) is 6.81. The fourth-order valence-electron chi connectivity index (χ4n) is 3.61. The molecule has 1 fully saturated rings. The van der Waals surface area contributed by atoms with E-state index < -0.39 is 5.97 Å². The highest BCUT2D eigenvalue weighted by Crippen LogP contribution is 2.30. The van der Waals surface area contributed by atoms with Gasteiger partial charge in [0.25, 0.3) is 0 Å². The molecule has 0 saturated carbocycles. The van der Waals surface area contributed by atoms with Crippen LogP contribution in [0.1, 0.15) is 46.5 Å². The summed E-state index contributed by atoms with van der Waals surface area (Å²) >= 11 is 0. The molecule has 3 heterocycles. The monoisotopic (exact) mass is 354 g/mol. The molecule has 3 aromatic rings. The fourth-order valence-corrected chi connectivity index (χ4v) is 3.61. The number of rotatable bonds is 4. The van der Waals surface area contributed by atoms with E-state index in [0.717, 1.165) is 54.2 Å². The Bertz CT molecular complexity index is 894. The van der Waals surface area contributed by atoms with Crippen LogP contribution in [-0.2, 0) is 11.3 Å².